The van der Waals surface area contributed by atoms with E-state index < -0.39 is 0 Å². The molecule has 0 saturated heterocycles. The maximum Gasteiger partial charge on any atom is 0.124 e. The maximum atomic E-state index is 8.46. The van der Waals surface area contributed by atoms with Gasteiger partial charge < -0.3 is 19.1 Å². The van der Waals surface area contributed by atoms with Gasteiger partial charge in [0.1, 0.15) is 12.0 Å². The van der Waals surface area contributed by atoms with Gasteiger partial charge in [0.05, 0.1) is 19.8 Å². The van der Waals surface area contributed by atoms with Crippen LogP contribution in [0.15, 0.2) is 16.9 Å². The molecule has 0 radical (unpaired) electrons. The Labute approximate surface area is 82.6 Å². The topological polar surface area (TPSA) is 64.7 Å². The number of hydrogen-bond acceptors (Lipinski definition) is 5. The van der Waals surface area contributed by atoms with Crippen molar-refractivity contribution in [2.45, 2.75) is 13.0 Å². The van der Waals surface area contributed by atoms with Crippen LogP contribution in [-0.4, -0.2) is 36.7 Å². The summed E-state index contributed by atoms with van der Waals surface area (Å²) in [7, 11) is 0. The third-order valence-corrected chi connectivity index (χ3v) is 1.56. The minimum Gasteiger partial charge on any atom is -0.396 e. The third-order valence-electron chi connectivity index (χ3n) is 1.56. The monoisotopic (exact) mass is 201 g/mol. The number of nitrogens with zero attached hydrogens (tertiary/aromatic N) is 1. The summed E-state index contributed by atoms with van der Waals surface area (Å²) >= 11 is 0. The van der Waals surface area contributed by atoms with Gasteiger partial charge in [-0.1, -0.05) is 5.16 Å². The number of hydrogen-bond donors (Lipinski definition) is 1. The second kappa shape index (κ2) is 7.49. The quantitative estimate of drug-likeness (QED) is 0.623. The molecule has 1 rings (SSSR count). The summed E-state index contributed by atoms with van der Waals surface area (Å²) < 4.78 is 15.0. The zero-order valence-corrected chi connectivity index (χ0v) is 8.02. The first-order valence-electron chi connectivity index (χ1n) is 4.59. The lowest BCUT2D eigenvalue weighted by Crippen LogP contribution is -2.06. The highest BCUT2D eigenvalue weighted by atomic mass is 16.5. The lowest BCUT2D eigenvalue weighted by Gasteiger charge is -2.03. The average Bonchev–Trinajstić information content (AvgIpc) is 2.69. The average molecular weight is 201 g/mol. The highest BCUT2D eigenvalue weighted by Crippen LogP contribution is 1.96. The van der Waals surface area contributed by atoms with Crippen LogP contribution >= 0.6 is 0 Å². The molecule has 1 N–H and O–H groups in total. The highest BCUT2D eigenvalue weighted by Gasteiger charge is 1.95. The molecular weight excluding hydrogens is 186 g/mol. The van der Waals surface area contributed by atoms with E-state index in [1.807, 2.05) is 0 Å². The zero-order chi connectivity index (χ0) is 10.1. The number of aromatic nitrogens is 1. The van der Waals surface area contributed by atoms with E-state index in [1.54, 1.807) is 6.07 Å². The van der Waals surface area contributed by atoms with Gasteiger partial charge in [0.2, 0.25) is 0 Å². The Morgan fingerprint density at radius 1 is 1.29 bits per heavy atom. The number of aliphatic hydroxyl groups excluding tert-OH is 1. The standard InChI is InChI=1S/C9H15NO4/c11-3-1-4-12-6-7-13-8-9-2-5-14-10-9/h2,5,11H,1,3-4,6-8H2. The molecule has 5 nitrogen and oxygen atoms in total. The molecule has 1 aromatic rings. The fraction of sp³-hybridized carbons (Fsp3) is 0.667. The summed E-state index contributed by atoms with van der Waals surface area (Å²) in [6.45, 7) is 2.25. The Kier molecular flexibility index (Phi) is 5.97. The van der Waals surface area contributed by atoms with Gasteiger partial charge in [0, 0.05) is 19.3 Å². The third kappa shape index (κ3) is 4.96. The van der Waals surface area contributed by atoms with E-state index in [-0.39, 0.29) is 6.61 Å². The van der Waals surface area contributed by atoms with Crippen LogP contribution < -0.4 is 0 Å². The molecule has 1 heterocycles. The molecular formula is C9H15NO4. The van der Waals surface area contributed by atoms with Crippen molar-refractivity contribution in [2.24, 2.45) is 0 Å². The van der Waals surface area contributed by atoms with Crippen molar-refractivity contribution in [2.75, 3.05) is 26.4 Å². The Morgan fingerprint density at radius 2 is 2.14 bits per heavy atom. The van der Waals surface area contributed by atoms with Crippen molar-refractivity contribution in [3.63, 3.8) is 0 Å². The van der Waals surface area contributed by atoms with Crippen molar-refractivity contribution in [1.29, 1.82) is 0 Å². The van der Waals surface area contributed by atoms with Crippen molar-refractivity contribution >= 4 is 0 Å². The first-order valence-corrected chi connectivity index (χ1v) is 4.59. The van der Waals surface area contributed by atoms with Crippen LogP contribution in [0.5, 0.6) is 0 Å². The van der Waals surface area contributed by atoms with Gasteiger partial charge in [-0.2, -0.15) is 0 Å². The molecule has 80 valence electrons. The zero-order valence-electron chi connectivity index (χ0n) is 8.02. The summed E-state index contributed by atoms with van der Waals surface area (Å²) in [5.41, 5.74) is 0.778. The molecule has 0 amide bonds. The Hall–Kier alpha value is -0.910. The van der Waals surface area contributed by atoms with Crippen LogP contribution in [0.2, 0.25) is 0 Å². The minimum absolute atomic E-state index is 0.166. The second-order valence-corrected chi connectivity index (χ2v) is 2.73. The van der Waals surface area contributed by atoms with E-state index in [9.17, 15) is 0 Å². The van der Waals surface area contributed by atoms with Gasteiger partial charge in [-0.15, -0.1) is 0 Å². The van der Waals surface area contributed by atoms with Crippen molar-refractivity contribution in [3.05, 3.63) is 18.0 Å². The first-order chi connectivity index (χ1) is 6.93. The lowest BCUT2D eigenvalue weighted by atomic mass is 10.5. The van der Waals surface area contributed by atoms with Crippen LogP contribution in [0.1, 0.15) is 12.1 Å². The van der Waals surface area contributed by atoms with Crippen molar-refractivity contribution < 1.29 is 19.1 Å². The molecule has 0 unspecified atom stereocenters. The molecule has 1 aromatic heterocycles. The molecule has 0 aromatic carbocycles. The van der Waals surface area contributed by atoms with E-state index in [1.165, 1.54) is 6.26 Å². The Balaban J connectivity index is 1.85. The molecule has 0 spiro atoms. The van der Waals surface area contributed by atoms with E-state index in [0.29, 0.717) is 32.8 Å². The molecule has 14 heavy (non-hydrogen) atoms. The summed E-state index contributed by atoms with van der Waals surface area (Å²) in [6.07, 6.45) is 2.18. The maximum absolute atomic E-state index is 8.46. The first kappa shape index (κ1) is 11.2. The highest BCUT2D eigenvalue weighted by molar-refractivity contribution is 4.92. The fourth-order valence-electron chi connectivity index (χ4n) is 0.875. The van der Waals surface area contributed by atoms with Gasteiger partial charge in [-0.05, 0) is 6.42 Å². The lowest BCUT2D eigenvalue weighted by molar-refractivity contribution is 0.0343. The molecule has 0 aliphatic heterocycles. The molecule has 0 aliphatic rings. The summed E-state index contributed by atoms with van der Waals surface area (Å²) in [4.78, 5) is 0. The predicted molar refractivity (Wildman–Crippen MR) is 48.7 cm³/mol. The Bertz CT molecular complexity index is 213. The van der Waals surface area contributed by atoms with Gasteiger partial charge in [-0.3, -0.25) is 0 Å². The normalized spacial score (nSPS) is 10.6. The Morgan fingerprint density at radius 3 is 2.86 bits per heavy atom. The molecule has 0 bridgehead atoms. The van der Waals surface area contributed by atoms with Gasteiger partial charge in [0.15, 0.2) is 0 Å². The summed E-state index contributed by atoms with van der Waals surface area (Å²) in [5, 5.41) is 12.2. The number of rotatable bonds is 8. The van der Waals surface area contributed by atoms with Gasteiger partial charge in [-0.25, -0.2) is 0 Å². The van der Waals surface area contributed by atoms with Gasteiger partial charge in [0.25, 0.3) is 0 Å². The molecule has 0 fully saturated rings. The van der Waals surface area contributed by atoms with Crippen molar-refractivity contribution in [3.8, 4) is 0 Å². The van der Waals surface area contributed by atoms with E-state index in [4.69, 9.17) is 14.6 Å². The summed E-state index contributed by atoms with van der Waals surface area (Å²) in [5.74, 6) is 0. The van der Waals surface area contributed by atoms with Crippen LogP contribution in [0.25, 0.3) is 0 Å². The van der Waals surface area contributed by atoms with E-state index in [0.717, 1.165) is 5.69 Å². The smallest absolute Gasteiger partial charge is 0.124 e. The number of ether oxygens (including phenoxy) is 2. The van der Waals surface area contributed by atoms with E-state index >= 15 is 0 Å². The SMILES string of the molecule is OCCCOCCOCc1ccon1. The van der Waals surface area contributed by atoms with Crippen LogP contribution in [0.4, 0.5) is 0 Å². The van der Waals surface area contributed by atoms with E-state index in [2.05, 4.69) is 9.68 Å². The van der Waals surface area contributed by atoms with Crippen LogP contribution in [0, 0.1) is 0 Å². The summed E-state index contributed by atoms with van der Waals surface area (Å²) in [6, 6.07) is 1.76. The van der Waals surface area contributed by atoms with Crippen molar-refractivity contribution in [1.82, 2.24) is 5.16 Å². The number of aliphatic hydroxyl groups is 1. The minimum atomic E-state index is 0.166. The predicted octanol–water partition coefficient (Wildman–Crippen LogP) is 0.590. The van der Waals surface area contributed by atoms with Crippen LogP contribution in [-0.2, 0) is 16.1 Å². The largest absolute Gasteiger partial charge is 0.396 e. The van der Waals surface area contributed by atoms with Crippen LogP contribution in [0.3, 0.4) is 0 Å². The van der Waals surface area contributed by atoms with Gasteiger partial charge >= 0.3 is 0 Å². The molecule has 0 atom stereocenters. The molecule has 5 heteroatoms. The fourth-order valence-corrected chi connectivity index (χ4v) is 0.875. The molecule has 0 aliphatic carbocycles. The second-order valence-electron chi connectivity index (χ2n) is 2.73. The molecule has 0 saturated carbocycles.